The molecule has 1 aromatic carbocycles. The van der Waals surface area contributed by atoms with Crippen molar-refractivity contribution in [3.63, 3.8) is 0 Å². The Bertz CT molecular complexity index is 306. The van der Waals surface area contributed by atoms with E-state index >= 15 is 0 Å². The van der Waals surface area contributed by atoms with Gasteiger partial charge in [-0.1, -0.05) is 30.3 Å². The van der Waals surface area contributed by atoms with Gasteiger partial charge in [-0.15, -0.1) is 0 Å². The van der Waals surface area contributed by atoms with Crippen molar-refractivity contribution in [1.29, 1.82) is 0 Å². The lowest BCUT2D eigenvalue weighted by Gasteiger charge is -2.23. The largest absolute Gasteiger partial charge is 0.378 e. The zero-order valence-electron chi connectivity index (χ0n) is 10.5. The molecular weight excluding hydrogens is 210 g/mol. The molecule has 2 N–H and O–H groups in total. The molecule has 94 valence electrons. The molecule has 0 saturated carbocycles. The molecule has 0 amide bonds. The van der Waals surface area contributed by atoms with Gasteiger partial charge < -0.3 is 10.5 Å². The molecule has 1 aromatic rings. The molecule has 2 heteroatoms. The van der Waals surface area contributed by atoms with Crippen LogP contribution in [0.1, 0.15) is 37.7 Å². The van der Waals surface area contributed by atoms with Crippen LogP contribution in [-0.4, -0.2) is 18.8 Å². The van der Waals surface area contributed by atoms with Crippen molar-refractivity contribution < 1.29 is 4.74 Å². The lowest BCUT2D eigenvalue weighted by atomic mass is 9.98. The van der Waals surface area contributed by atoms with Crippen molar-refractivity contribution in [2.45, 2.75) is 50.7 Å². The molecule has 1 aliphatic heterocycles. The summed E-state index contributed by atoms with van der Waals surface area (Å²) in [6.45, 7) is 0.943. The maximum Gasteiger partial charge on any atom is 0.0575 e. The van der Waals surface area contributed by atoms with E-state index in [1.807, 2.05) is 6.07 Å². The summed E-state index contributed by atoms with van der Waals surface area (Å²) in [5.74, 6) is 0. The zero-order chi connectivity index (χ0) is 11.9. The minimum absolute atomic E-state index is 0.267. The zero-order valence-corrected chi connectivity index (χ0v) is 10.5. The molecule has 1 saturated heterocycles. The third-order valence-corrected chi connectivity index (χ3v) is 3.47. The van der Waals surface area contributed by atoms with Crippen LogP contribution in [0.25, 0.3) is 0 Å². The minimum Gasteiger partial charge on any atom is -0.378 e. The number of rotatable bonds is 5. The van der Waals surface area contributed by atoms with Crippen molar-refractivity contribution in [1.82, 2.24) is 0 Å². The molecule has 0 bridgehead atoms. The first-order chi connectivity index (χ1) is 8.34. The summed E-state index contributed by atoms with van der Waals surface area (Å²) >= 11 is 0. The van der Waals surface area contributed by atoms with Crippen LogP contribution in [0.4, 0.5) is 0 Å². The van der Waals surface area contributed by atoms with Crippen LogP contribution in [0.15, 0.2) is 30.3 Å². The second-order valence-corrected chi connectivity index (χ2v) is 5.02. The Hall–Kier alpha value is -0.860. The molecule has 1 aliphatic rings. The second kappa shape index (κ2) is 6.77. The molecule has 0 aliphatic carbocycles. The van der Waals surface area contributed by atoms with Crippen molar-refractivity contribution in [3.05, 3.63) is 35.9 Å². The summed E-state index contributed by atoms with van der Waals surface area (Å²) < 4.78 is 5.72. The highest BCUT2D eigenvalue weighted by molar-refractivity contribution is 5.15. The summed E-state index contributed by atoms with van der Waals surface area (Å²) in [7, 11) is 0. The van der Waals surface area contributed by atoms with Gasteiger partial charge in [0.2, 0.25) is 0 Å². The fourth-order valence-electron chi connectivity index (χ4n) is 2.45. The van der Waals surface area contributed by atoms with E-state index in [1.54, 1.807) is 0 Å². The summed E-state index contributed by atoms with van der Waals surface area (Å²) in [6, 6.07) is 10.8. The topological polar surface area (TPSA) is 35.2 Å². The smallest absolute Gasteiger partial charge is 0.0575 e. The number of hydrogen-bond donors (Lipinski definition) is 1. The van der Waals surface area contributed by atoms with E-state index in [-0.39, 0.29) is 6.04 Å². The molecule has 17 heavy (non-hydrogen) atoms. The highest BCUT2D eigenvalue weighted by Gasteiger charge is 2.15. The number of hydrogen-bond acceptors (Lipinski definition) is 2. The molecular formula is C15H23NO. The van der Waals surface area contributed by atoms with E-state index in [0.717, 1.165) is 25.9 Å². The van der Waals surface area contributed by atoms with Crippen LogP contribution in [-0.2, 0) is 11.2 Å². The van der Waals surface area contributed by atoms with Gasteiger partial charge in [0.15, 0.2) is 0 Å². The highest BCUT2D eigenvalue weighted by Crippen LogP contribution is 2.18. The lowest BCUT2D eigenvalue weighted by molar-refractivity contribution is 0.00915. The maximum absolute atomic E-state index is 6.17. The second-order valence-electron chi connectivity index (χ2n) is 5.02. The molecule has 0 aromatic heterocycles. The van der Waals surface area contributed by atoms with Crippen LogP contribution in [0.5, 0.6) is 0 Å². The Morgan fingerprint density at radius 2 is 2.06 bits per heavy atom. The summed E-state index contributed by atoms with van der Waals surface area (Å²) in [4.78, 5) is 0. The van der Waals surface area contributed by atoms with Gasteiger partial charge in [-0.2, -0.15) is 0 Å². The maximum atomic E-state index is 6.17. The highest BCUT2D eigenvalue weighted by atomic mass is 16.5. The SMILES string of the molecule is NC(CCC1CCCCO1)Cc1ccccc1. The van der Waals surface area contributed by atoms with Gasteiger partial charge in [-0.25, -0.2) is 0 Å². The number of nitrogens with two attached hydrogens (primary N) is 1. The van der Waals surface area contributed by atoms with E-state index in [4.69, 9.17) is 10.5 Å². The Morgan fingerprint density at radius 3 is 2.76 bits per heavy atom. The summed E-state index contributed by atoms with van der Waals surface area (Å²) in [6.07, 6.45) is 7.40. The Kier molecular flexibility index (Phi) is 5.02. The monoisotopic (exact) mass is 233 g/mol. The fourth-order valence-corrected chi connectivity index (χ4v) is 2.45. The first kappa shape index (κ1) is 12.6. The van der Waals surface area contributed by atoms with Crippen LogP contribution >= 0.6 is 0 Å². The molecule has 1 heterocycles. The minimum atomic E-state index is 0.267. The first-order valence-electron chi connectivity index (χ1n) is 6.75. The van der Waals surface area contributed by atoms with Gasteiger partial charge >= 0.3 is 0 Å². The van der Waals surface area contributed by atoms with Gasteiger partial charge in [-0.05, 0) is 44.1 Å². The van der Waals surface area contributed by atoms with Crippen LogP contribution < -0.4 is 5.73 Å². The number of benzene rings is 1. The van der Waals surface area contributed by atoms with Crippen LogP contribution in [0.3, 0.4) is 0 Å². The van der Waals surface area contributed by atoms with E-state index in [1.165, 1.54) is 24.8 Å². The summed E-state index contributed by atoms with van der Waals surface area (Å²) in [5.41, 5.74) is 7.50. The third-order valence-electron chi connectivity index (χ3n) is 3.47. The van der Waals surface area contributed by atoms with Crippen LogP contribution in [0.2, 0.25) is 0 Å². The molecule has 2 nitrogen and oxygen atoms in total. The van der Waals surface area contributed by atoms with Gasteiger partial charge in [-0.3, -0.25) is 0 Å². The molecule has 2 rings (SSSR count). The predicted octanol–water partition coefficient (Wildman–Crippen LogP) is 2.91. The molecule has 0 spiro atoms. The molecule has 2 unspecified atom stereocenters. The van der Waals surface area contributed by atoms with Crippen LogP contribution in [0, 0.1) is 0 Å². The average Bonchev–Trinajstić information content (AvgIpc) is 2.39. The number of ether oxygens (including phenoxy) is 1. The quantitative estimate of drug-likeness (QED) is 0.848. The van der Waals surface area contributed by atoms with Gasteiger partial charge in [0.05, 0.1) is 6.10 Å². The standard InChI is InChI=1S/C15H23NO/c16-14(12-13-6-2-1-3-7-13)9-10-15-8-4-5-11-17-15/h1-3,6-7,14-15H,4-5,8-12,16H2. The average molecular weight is 233 g/mol. The Balaban J connectivity index is 1.68. The molecule has 1 fully saturated rings. The van der Waals surface area contributed by atoms with E-state index in [9.17, 15) is 0 Å². The first-order valence-corrected chi connectivity index (χ1v) is 6.75. The normalized spacial score (nSPS) is 22.3. The fraction of sp³-hybridized carbons (Fsp3) is 0.600. The van der Waals surface area contributed by atoms with Crippen molar-refractivity contribution in [2.75, 3.05) is 6.61 Å². The van der Waals surface area contributed by atoms with E-state index < -0.39 is 0 Å². The van der Waals surface area contributed by atoms with E-state index in [0.29, 0.717) is 6.10 Å². The van der Waals surface area contributed by atoms with E-state index in [2.05, 4.69) is 24.3 Å². The van der Waals surface area contributed by atoms with Gasteiger partial charge in [0.25, 0.3) is 0 Å². The van der Waals surface area contributed by atoms with Gasteiger partial charge in [0, 0.05) is 12.6 Å². The van der Waals surface area contributed by atoms with Crippen molar-refractivity contribution >= 4 is 0 Å². The van der Waals surface area contributed by atoms with Crippen molar-refractivity contribution in [3.8, 4) is 0 Å². The predicted molar refractivity (Wildman–Crippen MR) is 70.9 cm³/mol. The van der Waals surface area contributed by atoms with Crippen molar-refractivity contribution in [2.24, 2.45) is 5.73 Å². The molecule has 2 atom stereocenters. The summed E-state index contributed by atoms with van der Waals surface area (Å²) in [5, 5.41) is 0. The molecule has 0 radical (unpaired) electrons. The Labute approximate surface area is 104 Å². The van der Waals surface area contributed by atoms with Gasteiger partial charge in [0.1, 0.15) is 0 Å². The Morgan fingerprint density at radius 1 is 1.24 bits per heavy atom. The lowest BCUT2D eigenvalue weighted by Crippen LogP contribution is -2.26. The third kappa shape index (κ3) is 4.49.